The van der Waals surface area contributed by atoms with Crippen molar-refractivity contribution in [1.29, 1.82) is 0 Å². The average Bonchev–Trinajstić information content (AvgIpc) is 2.91. The molecule has 47 heavy (non-hydrogen) atoms. The van der Waals surface area contributed by atoms with Crippen molar-refractivity contribution in [2.75, 3.05) is 60.9 Å². The molecule has 0 saturated carbocycles. The molecule has 0 radical (unpaired) electrons. The summed E-state index contributed by atoms with van der Waals surface area (Å²) in [7, 11) is 3.04. The van der Waals surface area contributed by atoms with Crippen LogP contribution in [-0.4, -0.2) is 117 Å². The summed E-state index contributed by atoms with van der Waals surface area (Å²) in [5.74, 6) is -1.69. The van der Waals surface area contributed by atoms with Crippen LogP contribution in [0.25, 0.3) is 0 Å². The summed E-state index contributed by atoms with van der Waals surface area (Å²) in [6, 6.07) is 0. The van der Waals surface area contributed by atoms with Gasteiger partial charge in [-0.05, 0) is 38.5 Å². The summed E-state index contributed by atoms with van der Waals surface area (Å²) < 4.78 is 36.0. The van der Waals surface area contributed by atoms with Gasteiger partial charge in [0.05, 0.1) is 57.4 Å². The number of carboxylic acids is 2. The van der Waals surface area contributed by atoms with Gasteiger partial charge in [0.2, 0.25) is 5.91 Å². The average molecular weight is 701 g/mol. The second kappa shape index (κ2) is 26.7. The summed E-state index contributed by atoms with van der Waals surface area (Å²) in [5, 5.41) is 21.7. The van der Waals surface area contributed by atoms with Gasteiger partial charge in [-0.2, -0.15) is 0 Å². The van der Waals surface area contributed by atoms with Crippen LogP contribution >= 0.6 is 0 Å². The van der Waals surface area contributed by atoms with E-state index in [1.165, 1.54) is 0 Å². The maximum absolute atomic E-state index is 12.1. The summed E-state index contributed by atoms with van der Waals surface area (Å²) in [5.41, 5.74) is 0. The zero-order chi connectivity index (χ0) is 35.1. The van der Waals surface area contributed by atoms with Gasteiger partial charge in [0.25, 0.3) is 0 Å². The maximum atomic E-state index is 12.1. The van der Waals surface area contributed by atoms with Crippen LogP contribution in [0.1, 0.15) is 122 Å². The number of Topliss-reactive ketones (excluding diaryl/α,β-unsaturated/α-hetero) is 1. The van der Waals surface area contributed by atoms with Crippen LogP contribution in [-0.2, 0) is 29.3 Å². The predicted molar refractivity (Wildman–Crippen MR) is 176 cm³/mol. The van der Waals surface area contributed by atoms with E-state index in [9.17, 15) is 37.3 Å². The molecule has 0 fully saturated rings. The number of carbonyl (C=O) groups is 4. The molecule has 0 heterocycles. The SMILES string of the molecule is C[N+](C)(CCCNC(=O)CCCCCCCC(CCCCCCCCC(=O)CCCC[N+](C)(C)CC(=O)O)S(=O)(=O)[O-])CC(=O)[O-].[Na+]. The zero-order valence-electron chi connectivity index (χ0n) is 30.1. The number of ketones is 1. The summed E-state index contributed by atoms with van der Waals surface area (Å²) >= 11 is 0. The third kappa shape index (κ3) is 30.7. The first-order chi connectivity index (χ1) is 21.4. The number of carboxylic acid groups (broad SMARTS) is 2. The number of hydrogen-bond acceptors (Lipinski definition) is 8. The van der Waals surface area contributed by atoms with E-state index < -0.39 is 27.3 Å². The molecule has 1 unspecified atom stereocenters. The first kappa shape index (κ1) is 48.0. The van der Waals surface area contributed by atoms with Crippen LogP contribution in [0.5, 0.6) is 0 Å². The van der Waals surface area contributed by atoms with Gasteiger partial charge in [0, 0.05) is 37.5 Å². The van der Waals surface area contributed by atoms with Gasteiger partial charge >= 0.3 is 35.5 Å². The van der Waals surface area contributed by atoms with Gasteiger partial charge < -0.3 is 33.8 Å². The topological polar surface area (TPSA) is 181 Å². The fourth-order valence-electron chi connectivity index (χ4n) is 5.71. The van der Waals surface area contributed by atoms with Crippen molar-refractivity contribution < 1.29 is 80.9 Å². The van der Waals surface area contributed by atoms with Gasteiger partial charge in [-0.15, -0.1) is 0 Å². The number of rotatable bonds is 31. The number of likely N-dealkylation sites (N-methyl/N-ethyl adjacent to an activating group) is 2. The van der Waals surface area contributed by atoms with Crippen molar-refractivity contribution in [1.82, 2.24) is 5.32 Å². The minimum Gasteiger partial charge on any atom is -0.748 e. The van der Waals surface area contributed by atoms with Gasteiger partial charge in [0.1, 0.15) is 12.3 Å². The Morgan fingerprint density at radius 1 is 0.660 bits per heavy atom. The van der Waals surface area contributed by atoms with Crippen LogP contribution in [0.2, 0.25) is 0 Å². The smallest absolute Gasteiger partial charge is 0.748 e. The van der Waals surface area contributed by atoms with E-state index in [-0.39, 0.29) is 54.3 Å². The van der Waals surface area contributed by atoms with Crippen molar-refractivity contribution >= 4 is 33.7 Å². The van der Waals surface area contributed by atoms with Crippen LogP contribution in [0, 0.1) is 0 Å². The Hall–Kier alpha value is -1.09. The Morgan fingerprint density at radius 2 is 1.09 bits per heavy atom. The van der Waals surface area contributed by atoms with E-state index in [0.29, 0.717) is 73.4 Å². The van der Waals surface area contributed by atoms with Crippen LogP contribution in [0.15, 0.2) is 0 Å². The van der Waals surface area contributed by atoms with Crippen LogP contribution < -0.4 is 40.0 Å². The van der Waals surface area contributed by atoms with Crippen molar-refractivity contribution in [2.24, 2.45) is 0 Å². The third-order valence-electron chi connectivity index (χ3n) is 8.42. The monoisotopic (exact) mass is 700 g/mol. The molecule has 0 aromatic carbocycles. The molecule has 0 spiro atoms. The Bertz CT molecular complexity index is 1010. The predicted octanol–water partition coefficient (Wildman–Crippen LogP) is -0.0113. The van der Waals surface area contributed by atoms with E-state index in [2.05, 4.69) is 5.32 Å². The molecule has 0 bridgehead atoms. The number of quaternary nitrogens is 2. The minimum absolute atomic E-state index is 0. The molecular weight excluding hydrogens is 637 g/mol. The van der Waals surface area contributed by atoms with Crippen LogP contribution in [0.4, 0.5) is 0 Å². The largest absolute Gasteiger partial charge is 1.00 e. The molecule has 0 aliphatic rings. The van der Waals surface area contributed by atoms with Crippen LogP contribution in [0.3, 0.4) is 0 Å². The maximum Gasteiger partial charge on any atom is 1.00 e. The van der Waals surface area contributed by atoms with E-state index in [1.54, 1.807) is 0 Å². The molecule has 0 rings (SSSR count). The number of amides is 1. The second-order valence-corrected chi connectivity index (χ2v) is 15.8. The summed E-state index contributed by atoms with van der Waals surface area (Å²) in [4.78, 5) is 45.7. The molecule has 14 heteroatoms. The van der Waals surface area contributed by atoms with Gasteiger partial charge in [-0.1, -0.05) is 57.8 Å². The van der Waals surface area contributed by atoms with E-state index in [1.807, 2.05) is 28.2 Å². The fraction of sp³-hybridized carbons (Fsp3) is 0.879. The summed E-state index contributed by atoms with van der Waals surface area (Å²) in [6.45, 7) is 1.86. The van der Waals surface area contributed by atoms with Crippen molar-refractivity contribution in [3.63, 3.8) is 0 Å². The number of carbonyl (C=O) groups excluding carboxylic acids is 3. The molecule has 0 aromatic heterocycles. The quantitative estimate of drug-likeness (QED) is 0.0435. The van der Waals surface area contributed by atoms with Gasteiger partial charge in [-0.3, -0.25) is 9.59 Å². The normalized spacial score (nSPS) is 12.7. The van der Waals surface area contributed by atoms with Crippen molar-refractivity contribution in [3.05, 3.63) is 0 Å². The fourth-order valence-corrected chi connectivity index (χ4v) is 6.62. The number of hydrogen-bond donors (Lipinski definition) is 2. The molecule has 270 valence electrons. The molecule has 1 atom stereocenters. The molecule has 0 saturated heterocycles. The van der Waals surface area contributed by atoms with E-state index in [4.69, 9.17) is 5.11 Å². The Kier molecular flexibility index (Phi) is 27.3. The third-order valence-corrected chi connectivity index (χ3v) is 9.71. The molecule has 0 aromatic rings. The Labute approximate surface area is 306 Å². The first-order valence-corrected chi connectivity index (χ1v) is 18.7. The Balaban J connectivity index is 0. The Morgan fingerprint density at radius 3 is 1.57 bits per heavy atom. The zero-order valence-corrected chi connectivity index (χ0v) is 32.9. The van der Waals surface area contributed by atoms with Crippen molar-refractivity contribution in [2.45, 2.75) is 127 Å². The number of aliphatic carboxylic acids is 2. The first-order valence-electron chi connectivity index (χ1n) is 17.2. The van der Waals surface area contributed by atoms with Gasteiger partial charge in [-0.25, -0.2) is 13.2 Å². The molecule has 0 aliphatic carbocycles. The van der Waals surface area contributed by atoms with Crippen molar-refractivity contribution in [3.8, 4) is 0 Å². The number of unbranched alkanes of at least 4 members (excludes halogenated alkanes) is 10. The minimum atomic E-state index is -4.34. The standard InChI is InChI=1S/C33H63N3O9S.Na/c1-35(2,27-32(39)40)25-17-16-20-29(37)19-12-8-5-6-9-13-21-30(46(43,44)45)22-14-10-7-11-15-23-31(38)34-24-18-26-36(3,4)28-33(41)42;/h30H,5-28H2,1-4H3,(H2-2,34,38,39,40,41,42,43,44,45);/q;+1. The molecule has 0 aliphatic heterocycles. The molecule has 1 amide bonds. The van der Waals surface area contributed by atoms with E-state index in [0.717, 1.165) is 77.2 Å². The number of nitrogens with zero attached hydrogens (tertiary/aromatic N) is 2. The van der Waals surface area contributed by atoms with Gasteiger partial charge in [0.15, 0.2) is 6.54 Å². The molecule has 12 nitrogen and oxygen atoms in total. The number of nitrogens with one attached hydrogen (secondary N) is 1. The molecule has 2 N–H and O–H groups in total. The second-order valence-electron chi connectivity index (χ2n) is 14.2. The van der Waals surface area contributed by atoms with E-state index >= 15 is 0 Å². The molecular formula is C33H63N3NaO9S+. The summed E-state index contributed by atoms with van der Waals surface area (Å²) in [6.07, 6.45) is 13.8.